The number of benzene rings is 2. The molecule has 1 aliphatic rings. The van der Waals surface area contributed by atoms with Gasteiger partial charge in [0.05, 0.1) is 24.1 Å². The molecular formula is C38H50Cl2N4O6Si. The summed E-state index contributed by atoms with van der Waals surface area (Å²) >= 11 is 13.5. The van der Waals surface area contributed by atoms with E-state index >= 15 is 0 Å². The fourth-order valence-electron chi connectivity index (χ4n) is 5.68. The van der Waals surface area contributed by atoms with Crippen molar-refractivity contribution < 1.29 is 28.3 Å². The number of amides is 3. The number of nitrogens with one attached hydrogen (secondary N) is 3. The van der Waals surface area contributed by atoms with Crippen LogP contribution in [0.15, 0.2) is 54.1 Å². The van der Waals surface area contributed by atoms with Crippen LogP contribution in [-0.2, 0) is 30.3 Å². The summed E-state index contributed by atoms with van der Waals surface area (Å²) in [6.45, 7) is 14.3. The fraction of sp³-hybridized carbons (Fsp3) is 0.474. The molecule has 0 unspecified atom stereocenters. The topological polar surface area (TPSA) is 130 Å². The number of cyclic esters (lactones) is 1. The third kappa shape index (κ3) is 10.2. The number of hydrogen-bond donors (Lipinski definition) is 3. The number of rotatable bonds is 5. The van der Waals surface area contributed by atoms with Crippen molar-refractivity contribution in [3.8, 4) is 5.75 Å². The second-order valence-corrected chi connectivity index (χ2v) is 20.3. The summed E-state index contributed by atoms with van der Waals surface area (Å²) in [4.78, 5) is 58.8. The lowest BCUT2D eigenvalue weighted by Gasteiger charge is -2.36. The van der Waals surface area contributed by atoms with E-state index in [4.69, 9.17) is 32.4 Å². The van der Waals surface area contributed by atoms with Gasteiger partial charge in [-0.05, 0) is 74.1 Å². The molecule has 4 rings (SSSR count). The Morgan fingerprint density at radius 3 is 2.41 bits per heavy atom. The summed E-state index contributed by atoms with van der Waals surface area (Å²) < 4.78 is 12.0. The Morgan fingerprint density at radius 2 is 1.73 bits per heavy atom. The highest BCUT2D eigenvalue weighted by molar-refractivity contribution is 6.74. The number of carbonyl (C=O) groups excluding carboxylic acids is 4. The second kappa shape index (κ2) is 16.7. The number of carbonyl (C=O) groups is 4. The molecule has 10 nitrogen and oxygen atoms in total. The number of aromatic nitrogens is 1. The van der Waals surface area contributed by atoms with Gasteiger partial charge in [0.2, 0.25) is 17.7 Å². The summed E-state index contributed by atoms with van der Waals surface area (Å²) in [5, 5.41) is 7.24. The zero-order chi connectivity index (χ0) is 37.7. The van der Waals surface area contributed by atoms with E-state index in [1.807, 2.05) is 37.3 Å². The van der Waals surface area contributed by atoms with E-state index in [1.165, 1.54) is 11.9 Å². The van der Waals surface area contributed by atoms with Gasteiger partial charge in [0.1, 0.15) is 23.0 Å². The molecule has 276 valence electrons. The van der Waals surface area contributed by atoms with Gasteiger partial charge in [0, 0.05) is 30.8 Å². The highest BCUT2D eigenvalue weighted by atomic mass is 35.5. The van der Waals surface area contributed by atoms with Crippen LogP contribution in [0.3, 0.4) is 0 Å². The van der Waals surface area contributed by atoms with Gasteiger partial charge in [-0.3, -0.25) is 19.2 Å². The average molecular weight is 758 g/mol. The van der Waals surface area contributed by atoms with Gasteiger partial charge < -0.3 is 29.7 Å². The molecule has 51 heavy (non-hydrogen) atoms. The van der Waals surface area contributed by atoms with Crippen molar-refractivity contribution in [3.63, 3.8) is 0 Å². The van der Waals surface area contributed by atoms with Gasteiger partial charge in [0.25, 0.3) is 8.32 Å². The number of allylic oxidation sites excluding steroid dienone is 1. The first kappa shape index (κ1) is 40.0. The molecule has 1 aliphatic heterocycles. The molecule has 0 saturated carbocycles. The Kier molecular flexibility index (Phi) is 13.1. The quantitative estimate of drug-likeness (QED) is 0.139. The third-order valence-electron chi connectivity index (χ3n) is 9.86. The molecule has 3 atom stereocenters. The number of H-pyrrole nitrogens is 1. The molecule has 0 radical (unpaired) electrons. The molecule has 0 saturated heterocycles. The Balaban J connectivity index is 1.74. The van der Waals surface area contributed by atoms with Gasteiger partial charge in [-0.1, -0.05) is 79.9 Å². The lowest BCUT2D eigenvalue weighted by molar-refractivity contribution is -0.145. The van der Waals surface area contributed by atoms with Crippen LogP contribution in [0.5, 0.6) is 5.75 Å². The Morgan fingerprint density at radius 1 is 1.02 bits per heavy atom. The smallest absolute Gasteiger partial charge is 0.308 e. The van der Waals surface area contributed by atoms with Crippen LogP contribution < -0.4 is 15.1 Å². The number of para-hydroxylation sites is 1. The molecule has 0 bridgehead atoms. The first-order valence-corrected chi connectivity index (χ1v) is 21.0. The Hall–Kier alpha value is -3.80. The predicted molar refractivity (Wildman–Crippen MR) is 205 cm³/mol. The minimum absolute atomic E-state index is 0.0544. The average Bonchev–Trinajstić information content (AvgIpc) is 3.37. The van der Waals surface area contributed by atoms with Crippen molar-refractivity contribution in [2.75, 3.05) is 13.7 Å². The van der Waals surface area contributed by atoms with Crippen molar-refractivity contribution in [1.82, 2.24) is 20.5 Å². The number of nitrogens with zero attached hydrogens (tertiary/aromatic N) is 1. The summed E-state index contributed by atoms with van der Waals surface area (Å²) in [6.07, 6.45) is 2.93. The molecule has 2 aromatic carbocycles. The number of halogens is 2. The number of esters is 1. The monoisotopic (exact) mass is 756 g/mol. The molecule has 2 heterocycles. The largest absolute Gasteiger partial charge is 0.543 e. The summed E-state index contributed by atoms with van der Waals surface area (Å²) in [5.41, 5.74) is 2.97. The molecule has 13 heteroatoms. The van der Waals surface area contributed by atoms with Gasteiger partial charge >= 0.3 is 5.97 Å². The molecule has 3 aromatic rings. The minimum atomic E-state index is -2.22. The van der Waals surface area contributed by atoms with Crippen LogP contribution in [0.2, 0.25) is 28.3 Å². The zero-order valence-electron chi connectivity index (χ0n) is 30.7. The summed E-state index contributed by atoms with van der Waals surface area (Å²) in [7, 11) is -0.696. The lowest BCUT2D eigenvalue weighted by atomic mass is 9.99. The number of fused-ring (bicyclic) bond motifs is 1. The highest BCUT2D eigenvalue weighted by Crippen LogP contribution is 2.40. The van der Waals surface area contributed by atoms with E-state index in [2.05, 4.69) is 49.5 Å². The van der Waals surface area contributed by atoms with E-state index < -0.39 is 44.2 Å². The molecule has 3 N–H and O–H groups in total. The van der Waals surface area contributed by atoms with Crippen LogP contribution >= 0.6 is 23.2 Å². The highest BCUT2D eigenvalue weighted by Gasteiger charge is 2.39. The van der Waals surface area contributed by atoms with Crippen molar-refractivity contribution >= 4 is 66.1 Å². The first-order chi connectivity index (χ1) is 23.9. The molecule has 1 aromatic heterocycles. The van der Waals surface area contributed by atoms with Gasteiger partial charge in [-0.15, -0.1) is 0 Å². The standard InChI is InChI=1S/C38H50Cl2N4O6Si/c1-23-12-11-19-49-34(46)22-30(25-16-17-32(28(39)20-25)50-51(7,8)38(3,4)5)43-36(47)31(44(6)37(48)24(2)41-33(45)18-15-23)21-27-26-13-9-10-14-29(26)42-35(27)40/h9-10,12-14,16-17,20,24,30-31,42H,11,15,18-19,21-22H2,1-8H3,(H,41,45)(H,43,47)/b23-12-/t24-,30+,31+/m0/s1. The fourth-order valence-corrected chi connectivity index (χ4v) is 7.29. The number of likely N-dealkylation sites (N-methyl/N-ethyl adjacent to an activating group) is 1. The van der Waals surface area contributed by atoms with E-state index in [1.54, 1.807) is 25.1 Å². The van der Waals surface area contributed by atoms with Gasteiger partial charge in [-0.25, -0.2) is 0 Å². The molecular weight excluding hydrogens is 707 g/mol. The number of aromatic amines is 1. The summed E-state index contributed by atoms with van der Waals surface area (Å²) in [5.74, 6) is -1.27. The van der Waals surface area contributed by atoms with Crippen molar-refractivity contribution in [2.24, 2.45) is 0 Å². The number of ether oxygens (including phenoxy) is 1. The maximum Gasteiger partial charge on any atom is 0.308 e. The Bertz CT molecular complexity index is 1800. The first-order valence-electron chi connectivity index (χ1n) is 17.3. The molecule has 0 spiro atoms. The van der Waals surface area contributed by atoms with Gasteiger partial charge in [-0.2, -0.15) is 0 Å². The van der Waals surface area contributed by atoms with Gasteiger partial charge in [0.15, 0.2) is 0 Å². The van der Waals surface area contributed by atoms with Crippen LogP contribution in [-0.4, -0.2) is 67.6 Å². The normalized spacial score (nSPS) is 22.0. The maximum absolute atomic E-state index is 14.4. The Labute approximate surface area is 311 Å². The summed E-state index contributed by atoms with van der Waals surface area (Å²) in [6, 6.07) is 9.90. The van der Waals surface area contributed by atoms with Crippen LogP contribution in [0, 0.1) is 0 Å². The van der Waals surface area contributed by atoms with E-state index in [0.717, 1.165) is 16.5 Å². The second-order valence-electron chi connectivity index (χ2n) is 14.8. The van der Waals surface area contributed by atoms with Crippen LogP contribution in [0.4, 0.5) is 0 Å². The number of hydrogen-bond acceptors (Lipinski definition) is 6. The minimum Gasteiger partial charge on any atom is -0.543 e. The van der Waals surface area contributed by atoms with Crippen molar-refractivity contribution in [1.29, 1.82) is 0 Å². The van der Waals surface area contributed by atoms with Crippen molar-refractivity contribution in [3.05, 3.63) is 75.4 Å². The maximum atomic E-state index is 14.4. The SMILES string of the molecule is C/C1=C/CCOC(=O)C[C@H](c2ccc(O[Si](C)(C)C(C)(C)C)c(Cl)c2)NC(=O)[C@@H](Cc2c(Cl)[nH]c3ccccc23)N(C)C(=O)[C@H](C)NC(=O)CC1. The zero-order valence-corrected chi connectivity index (χ0v) is 33.3. The molecule has 0 aliphatic carbocycles. The van der Waals surface area contributed by atoms with E-state index in [9.17, 15) is 19.2 Å². The molecule has 0 fully saturated rings. The van der Waals surface area contributed by atoms with Crippen LogP contribution in [0.1, 0.15) is 77.5 Å². The van der Waals surface area contributed by atoms with Crippen molar-refractivity contribution in [2.45, 2.75) is 103 Å². The molecule has 3 amide bonds. The van der Waals surface area contributed by atoms with E-state index in [-0.39, 0.29) is 36.8 Å². The lowest BCUT2D eigenvalue weighted by Crippen LogP contribution is -2.54. The van der Waals surface area contributed by atoms with Crippen LogP contribution in [0.25, 0.3) is 10.9 Å². The predicted octanol–water partition coefficient (Wildman–Crippen LogP) is 7.65. The van der Waals surface area contributed by atoms with E-state index in [0.29, 0.717) is 39.9 Å². The third-order valence-corrected chi connectivity index (χ3v) is 14.8.